The molecule has 1 rings (SSSR count). The van der Waals surface area contributed by atoms with Crippen LogP contribution in [0.2, 0.25) is 0 Å². The molecule has 0 N–H and O–H groups in total. The van der Waals surface area contributed by atoms with Gasteiger partial charge in [-0.05, 0) is 0 Å². The lowest BCUT2D eigenvalue weighted by Crippen LogP contribution is -2.63. The monoisotopic (exact) mass is 374 g/mol. The van der Waals surface area contributed by atoms with Crippen LogP contribution in [0, 0.1) is 0 Å². The van der Waals surface area contributed by atoms with Gasteiger partial charge in [0.25, 0.3) is 0 Å². The van der Waals surface area contributed by atoms with Crippen molar-refractivity contribution in [2.24, 2.45) is 0 Å². The van der Waals surface area contributed by atoms with E-state index in [1.165, 1.54) is 6.08 Å². The second kappa shape index (κ2) is 9.88. The first kappa shape index (κ1) is 21.6. The lowest BCUT2D eigenvalue weighted by Gasteiger charge is -2.43. The first-order valence-corrected chi connectivity index (χ1v) is 7.68. The minimum Gasteiger partial charge on any atom is -0.467 e. The lowest BCUT2D eigenvalue weighted by molar-refractivity contribution is -0.299. The molecule has 0 spiro atoms. The highest BCUT2D eigenvalue weighted by Crippen LogP contribution is 2.30. The maximum Gasteiger partial charge on any atom is 0.339 e. The van der Waals surface area contributed by atoms with E-state index in [1.54, 1.807) is 0 Å². The molecule has 0 amide bonds. The number of hydrogen-bond acceptors (Lipinski definition) is 10. The fourth-order valence-electron chi connectivity index (χ4n) is 2.38. The minimum absolute atomic E-state index is 0.0126. The molecule has 0 unspecified atom stereocenters. The number of rotatable bonds is 7. The molecule has 1 saturated heterocycles. The number of esters is 4. The Hall–Kier alpha value is -2.46. The predicted molar refractivity (Wildman–Crippen MR) is 83.5 cm³/mol. The SMILES string of the molecule is C=CCO[C@@H]1O[C@H](C(=O)OC)[C@@H](OC(C)=O)[C@H](OC(C)=O)[C@H]1OC(C)=O. The van der Waals surface area contributed by atoms with Crippen molar-refractivity contribution >= 4 is 23.9 Å². The van der Waals surface area contributed by atoms with Gasteiger partial charge in [0, 0.05) is 20.8 Å². The molecule has 10 nitrogen and oxygen atoms in total. The van der Waals surface area contributed by atoms with E-state index in [9.17, 15) is 19.2 Å². The first-order chi connectivity index (χ1) is 12.2. The average molecular weight is 374 g/mol. The Balaban J connectivity index is 3.32. The molecular formula is C16H22O10. The van der Waals surface area contributed by atoms with Crippen molar-refractivity contribution in [3.05, 3.63) is 12.7 Å². The molecule has 1 aliphatic rings. The summed E-state index contributed by atoms with van der Waals surface area (Å²) < 4.78 is 30.9. The van der Waals surface area contributed by atoms with Crippen LogP contribution in [0.25, 0.3) is 0 Å². The van der Waals surface area contributed by atoms with E-state index < -0.39 is 54.6 Å². The molecule has 10 heteroatoms. The van der Waals surface area contributed by atoms with Gasteiger partial charge in [0.2, 0.25) is 0 Å². The van der Waals surface area contributed by atoms with Crippen molar-refractivity contribution in [3.63, 3.8) is 0 Å². The quantitative estimate of drug-likeness (QED) is 0.338. The number of carbonyl (C=O) groups excluding carboxylic acids is 4. The zero-order valence-corrected chi connectivity index (χ0v) is 15.0. The topological polar surface area (TPSA) is 124 Å². The predicted octanol–water partition coefficient (Wildman–Crippen LogP) is -0.118. The van der Waals surface area contributed by atoms with Crippen molar-refractivity contribution in [2.45, 2.75) is 51.5 Å². The van der Waals surface area contributed by atoms with Crippen LogP contribution in [0.3, 0.4) is 0 Å². The second-order valence-electron chi connectivity index (χ2n) is 5.29. The number of carbonyl (C=O) groups is 4. The molecule has 1 fully saturated rings. The first-order valence-electron chi connectivity index (χ1n) is 7.68. The van der Waals surface area contributed by atoms with Gasteiger partial charge in [0.15, 0.2) is 30.7 Å². The summed E-state index contributed by atoms with van der Waals surface area (Å²) in [7, 11) is 1.11. The van der Waals surface area contributed by atoms with Gasteiger partial charge < -0.3 is 28.4 Å². The van der Waals surface area contributed by atoms with Crippen LogP contribution < -0.4 is 0 Å². The van der Waals surface area contributed by atoms with Crippen LogP contribution in [0.15, 0.2) is 12.7 Å². The summed E-state index contributed by atoms with van der Waals surface area (Å²) in [5.41, 5.74) is 0. The third kappa shape index (κ3) is 5.81. The zero-order valence-electron chi connectivity index (χ0n) is 15.0. The van der Waals surface area contributed by atoms with Gasteiger partial charge >= 0.3 is 23.9 Å². The number of methoxy groups -OCH3 is 1. The van der Waals surface area contributed by atoms with Gasteiger partial charge in [-0.25, -0.2) is 4.79 Å². The molecule has 26 heavy (non-hydrogen) atoms. The summed E-state index contributed by atoms with van der Waals surface area (Å²) in [4.78, 5) is 46.5. The van der Waals surface area contributed by atoms with Crippen molar-refractivity contribution in [1.29, 1.82) is 0 Å². The molecule has 0 aromatic rings. The molecule has 1 aliphatic heterocycles. The molecule has 146 valence electrons. The van der Waals surface area contributed by atoms with Crippen molar-refractivity contribution in [2.75, 3.05) is 13.7 Å². The van der Waals surface area contributed by atoms with Gasteiger partial charge in [0.1, 0.15) is 0 Å². The Bertz CT molecular complexity index is 557. The van der Waals surface area contributed by atoms with Crippen LogP contribution in [-0.2, 0) is 47.6 Å². The Morgan fingerprint density at radius 3 is 1.88 bits per heavy atom. The van der Waals surface area contributed by atoms with Crippen LogP contribution in [0.5, 0.6) is 0 Å². The summed E-state index contributed by atoms with van der Waals surface area (Å²) in [6.07, 6.45) is -5.40. The van der Waals surface area contributed by atoms with E-state index in [2.05, 4.69) is 11.3 Å². The minimum atomic E-state index is -1.46. The summed E-state index contributed by atoms with van der Waals surface area (Å²) in [5.74, 6) is -3.13. The fourth-order valence-corrected chi connectivity index (χ4v) is 2.38. The van der Waals surface area contributed by atoms with Gasteiger partial charge in [0.05, 0.1) is 13.7 Å². The molecule has 0 bridgehead atoms. The standard InChI is InChI=1S/C16H22O10/c1-6-7-22-16-14(25-10(4)19)12(24-9(3)18)11(23-8(2)17)13(26-16)15(20)21-5/h6,11-14,16H,1,7H2,2-5H3/t11-,12-,13-,14+,16+/m0/s1. The summed E-state index contributed by atoms with van der Waals surface area (Å²) in [6, 6.07) is 0. The smallest absolute Gasteiger partial charge is 0.339 e. The zero-order chi connectivity index (χ0) is 19.9. The normalized spacial score (nSPS) is 27.8. The van der Waals surface area contributed by atoms with E-state index in [0.717, 1.165) is 27.9 Å². The third-order valence-electron chi connectivity index (χ3n) is 3.21. The number of hydrogen-bond donors (Lipinski definition) is 0. The highest BCUT2D eigenvalue weighted by Gasteiger charge is 2.55. The van der Waals surface area contributed by atoms with Gasteiger partial charge in [-0.3, -0.25) is 14.4 Å². The Labute approximate surface area is 150 Å². The van der Waals surface area contributed by atoms with Crippen molar-refractivity contribution in [3.8, 4) is 0 Å². The van der Waals surface area contributed by atoms with Crippen molar-refractivity contribution < 1.29 is 47.6 Å². The van der Waals surface area contributed by atoms with Crippen LogP contribution in [-0.4, -0.2) is 68.3 Å². The Morgan fingerprint density at radius 1 is 0.923 bits per heavy atom. The largest absolute Gasteiger partial charge is 0.467 e. The van der Waals surface area contributed by atoms with Crippen LogP contribution >= 0.6 is 0 Å². The summed E-state index contributed by atoms with van der Waals surface area (Å²) in [5, 5.41) is 0. The summed E-state index contributed by atoms with van der Waals surface area (Å²) >= 11 is 0. The Kier molecular flexibility index (Phi) is 8.20. The van der Waals surface area contributed by atoms with Crippen molar-refractivity contribution in [1.82, 2.24) is 0 Å². The van der Waals surface area contributed by atoms with Crippen LogP contribution in [0.1, 0.15) is 20.8 Å². The maximum atomic E-state index is 12.1. The molecular weight excluding hydrogens is 352 g/mol. The molecule has 0 radical (unpaired) electrons. The molecule has 0 aliphatic carbocycles. The van der Waals surface area contributed by atoms with E-state index in [1.807, 2.05) is 0 Å². The highest BCUT2D eigenvalue weighted by molar-refractivity contribution is 5.77. The third-order valence-corrected chi connectivity index (χ3v) is 3.21. The number of ether oxygens (including phenoxy) is 6. The maximum absolute atomic E-state index is 12.1. The molecule has 0 saturated carbocycles. The summed E-state index contributed by atoms with van der Waals surface area (Å²) in [6.45, 7) is 6.81. The van der Waals surface area contributed by atoms with Gasteiger partial charge in [-0.1, -0.05) is 6.08 Å². The highest BCUT2D eigenvalue weighted by atomic mass is 16.7. The second-order valence-corrected chi connectivity index (χ2v) is 5.29. The molecule has 5 atom stereocenters. The molecule has 0 aromatic carbocycles. The van der Waals surface area contributed by atoms with E-state index in [-0.39, 0.29) is 6.61 Å². The average Bonchev–Trinajstić information content (AvgIpc) is 2.55. The van der Waals surface area contributed by atoms with E-state index in [4.69, 9.17) is 23.7 Å². The van der Waals surface area contributed by atoms with E-state index in [0.29, 0.717) is 0 Å². The van der Waals surface area contributed by atoms with E-state index >= 15 is 0 Å². The molecule has 0 aromatic heterocycles. The van der Waals surface area contributed by atoms with Gasteiger partial charge in [-0.15, -0.1) is 6.58 Å². The molecule has 1 heterocycles. The van der Waals surface area contributed by atoms with Crippen LogP contribution in [0.4, 0.5) is 0 Å². The lowest BCUT2D eigenvalue weighted by atomic mass is 9.97. The fraction of sp³-hybridized carbons (Fsp3) is 0.625. The van der Waals surface area contributed by atoms with Gasteiger partial charge in [-0.2, -0.15) is 0 Å². The Morgan fingerprint density at radius 2 is 1.42 bits per heavy atom.